The van der Waals surface area contributed by atoms with E-state index in [0.717, 1.165) is 34.1 Å². The Labute approximate surface area is 204 Å². The number of aromatic nitrogens is 1. The first kappa shape index (κ1) is 23.1. The number of fused-ring (bicyclic) bond motifs is 4. The maximum Gasteiger partial charge on any atom is 0.246 e. The largest absolute Gasteiger partial charge is 0.493 e. The van der Waals surface area contributed by atoms with Gasteiger partial charge in [-0.15, -0.1) is 0 Å². The normalized spacial score (nSPS) is 20.5. The first-order chi connectivity index (χ1) is 16.9. The fourth-order valence-corrected chi connectivity index (χ4v) is 5.49. The number of ether oxygens (including phenoxy) is 3. The molecule has 0 unspecified atom stereocenters. The molecule has 0 saturated carbocycles. The summed E-state index contributed by atoms with van der Waals surface area (Å²) >= 11 is 0. The van der Waals surface area contributed by atoms with Gasteiger partial charge in [0.15, 0.2) is 11.5 Å². The molecule has 1 saturated heterocycles. The van der Waals surface area contributed by atoms with E-state index in [1.807, 2.05) is 44.2 Å². The summed E-state index contributed by atoms with van der Waals surface area (Å²) in [6.07, 6.45) is 1.26. The number of nitrogens with one attached hydrogen (secondary N) is 1. The molecule has 8 heteroatoms. The number of piperazine rings is 1. The molecule has 35 heavy (non-hydrogen) atoms. The van der Waals surface area contributed by atoms with Crippen LogP contribution in [0.5, 0.6) is 17.2 Å². The lowest BCUT2D eigenvalue weighted by atomic mass is 9.85. The van der Waals surface area contributed by atoms with Crippen LogP contribution in [0.25, 0.3) is 10.9 Å². The molecule has 0 spiro atoms. The van der Waals surface area contributed by atoms with Gasteiger partial charge in [-0.05, 0) is 42.7 Å². The van der Waals surface area contributed by atoms with Gasteiger partial charge in [0.05, 0.1) is 27.4 Å². The van der Waals surface area contributed by atoms with Gasteiger partial charge in [0.2, 0.25) is 17.6 Å². The number of carbonyl (C=O) groups is 2. The highest BCUT2D eigenvalue weighted by Gasteiger charge is 2.49. The topological polar surface area (TPSA) is 84.1 Å². The molecule has 0 radical (unpaired) electrons. The highest BCUT2D eigenvalue weighted by atomic mass is 16.5. The number of hydrogen-bond acceptors (Lipinski definition) is 5. The number of para-hydroxylation sites is 1. The van der Waals surface area contributed by atoms with Crippen molar-refractivity contribution in [3.05, 3.63) is 53.2 Å². The molecule has 3 heterocycles. The van der Waals surface area contributed by atoms with Crippen LogP contribution in [0, 0.1) is 0 Å². The Morgan fingerprint density at radius 1 is 1.06 bits per heavy atom. The summed E-state index contributed by atoms with van der Waals surface area (Å²) in [5.74, 6) is 1.40. The van der Waals surface area contributed by atoms with Crippen molar-refractivity contribution in [2.45, 2.75) is 44.8 Å². The summed E-state index contributed by atoms with van der Waals surface area (Å²) in [6, 6.07) is 10.7. The average molecular weight is 478 g/mol. The van der Waals surface area contributed by atoms with Crippen LogP contribution in [-0.2, 0) is 16.0 Å². The summed E-state index contributed by atoms with van der Waals surface area (Å²) in [5, 5.41) is 1.07. The van der Waals surface area contributed by atoms with Crippen LogP contribution in [-0.4, -0.2) is 66.6 Å². The molecule has 1 fully saturated rings. The molecule has 3 aromatic rings. The van der Waals surface area contributed by atoms with Crippen molar-refractivity contribution in [3.63, 3.8) is 0 Å². The lowest BCUT2D eigenvalue weighted by Gasteiger charge is -2.48. The number of nitrogens with zero attached hydrogens (tertiary/aromatic N) is 2. The molecule has 8 nitrogen and oxygen atoms in total. The molecule has 2 amide bonds. The average Bonchev–Trinajstić information content (AvgIpc) is 3.26. The Morgan fingerprint density at radius 2 is 1.74 bits per heavy atom. The second-order valence-electron chi connectivity index (χ2n) is 9.17. The molecule has 2 aliphatic heterocycles. The van der Waals surface area contributed by atoms with Crippen LogP contribution in [0.4, 0.5) is 0 Å². The lowest BCUT2D eigenvalue weighted by molar-refractivity contribution is -0.160. The highest BCUT2D eigenvalue weighted by Crippen LogP contribution is 2.47. The van der Waals surface area contributed by atoms with E-state index in [1.54, 1.807) is 31.1 Å². The van der Waals surface area contributed by atoms with E-state index in [1.165, 1.54) is 0 Å². The predicted molar refractivity (Wildman–Crippen MR) is 132 cm³/mol. The van der Waals surface area contributed by atoms with Gasteiger partial charge < -0.3 is 29.0 Å². The second-order valence-corrected chi connectivity index (χ2v) is 9.17. The van der Waals surface area contributed by atoms with E-state index in [2.05, 4.69) is 11.1 Å². The zero-order valence-electron chi connectivity index (χ0n) is 20.8. The summed E-state index contributed by atoms with van der Waals surface area (Å²) in [4.78, 5) is 34.5. The Hall–Kier alpha value is -3.68. The van der Waals surface area contributed by atoms with E-state index in [4.69, 9.17) is 14.2 Å². The number of amides is 2. The molecule has 0 aliphatic carbocycles. The van der Waals surface area contributed by atoms with Crippen molar-refractivity contribution in [2.24, 2.45) is 0 Å². The zero-order valence-corrected chi connectivity index (χ0v) is 20.8. The number of benzene rings is 2. The fourth-order valence-electron chi connectivity index (χ4n) is 5.49. The van der Waals surface area contributed by atoms with Crippen molar-refractivity contribution in [1.29, 1.82) is 0 Å². The van der Waals surface area contributed by atoms with Gasteiger partial charge in [-0.1, -0.05) is 25.1 Å². The van der Waals surface area contributed by atoms with Crippen molar-refractivity contribution >= 4 is 22.7 Å². The van der Waals surface area contributed by atoms with Crippen LogP contribution in [0.1, 0.15) is 43.1 Å². The van der Waals surface area contributed by atoms with Crippen molar-refractivity contribution in [1.82, 2.24) is 14.8 Å². The molecular weight excluding hydrogens is 446 g/mol. The van der Waals surface area contributed by atoms with Crippen LogP contribution < -0.4 is 14.2 Å². The number of aromatic amines is 1. The summed E-state index contributed by atoms with van der Waals surface area (Å²) in [6.45, 7) is 4.10. The second kappa shape index (κ2) is 8.83. The Balaban J connectivity index is 1.74. The maximum atomic E-state index is 13.7. The zero-order chi connectivity index (χ0) is 24.9. The standard InChI is InChI=1S/C27H31N3O5/c1-6-15(2)29-14-23(31)30-20(27(29)32)13-18-17-9-7-8-10-19(17)28-24(18)25(30)16-11-21(33-3)26(35-5)22(12-16)34-4/h7-12,15,20,25,28H,6,13-14H2,1-5H3/t15-,20-,25-/m0/s1. The minimum Gasteiger partial charge on any atom is -0.493 e. The molecule has 184 valence electrons. The first-order valence-corrected chi connectivity index (χ1v) is 11.9. The molecule has 3 atom stereocenters. The van der Waals surface area contributed by atoms with E-state index in [-0.39, 0.29) is 24.4 Å². The van der Waals surface area contributed by atoms with E-state index >= 15 is 0 Å². The van der Waals surface area contributed by atoms with Crippen molar-refractivity contribution < 1.29 is 23.8 Å². The van der Waals surface area contributed by atoms with E-state index in [9.17, 15) is 9.59 Å². The third-order valence-electron chi connectivity index (χ3n) is 7.42. The lowest BCUT2D eigenvalue weighted by Crippen LogP contribution is -2.64. The number of hydrogen-bond donors (Lipinski definition) is 1. The quantitative estimate of drug-likeness (QED) is 0.586. The number of methoxy groups -OCH3 is 3. The number of carbonyl (C=O) groups excluding carboxylic acids is 2. The van der Waals surface area contributed by atoms with E-state index < -0.39 is 12.1 Å². The minimum absolute atomic E-state index is 0.00223. The Morgan fingerprint density at radius 3 is 2.37 bits per heavy atom. The molecular formula is C27H31N3O5. The van der Waals surface area contributed by atoms with Crippen LogP contribution >= 0.6 is 0 Å². The van der Waals surface area contributed by atoms with Gasteiger partial charge in [-0.2, -0.15) is 0 Å². The van der Waals surface area contributed by atoms with Crippen LogP contribution in [0.2, 0.25) is 0 Å². The Bertz CT molecular complexity index is 1270. The van der Waals surface area contributed by atoms with Crippen molar-refractivity contribution in [2.75, 3.05) is 27.9 Å². The van der Waals surface area contributed by atoms with Gasteiger partial charge in [0.1, 0.15) is 12.6 Å². The van der Waals surface area contributed by atoms with Gasteiger partial charge in [-0.3, -0.25) is 9.59 Å². The summed E-state index contributed by atoms with van der Waals surface area (Å²) < 4.78 is 16.7. The molecule has 0 bridgehead atoms. The number of rotatable bonds is 6. The van der Waals surface area contributed by atoms with Crippen LogP contribution in [0.15, 0.2) is 36.4 Å². The summed E-state index contributed by atoms with van der Waals surface area (Å²) in [5.41, 5.74) is 3.74. The van der Waals surface area contributed by atoms with Gasteiger partial charge >= 0.3 is 0 Å². The molecule has 1 aromatic heterocycles. The number of H-pyrrole nitrogens is 1. The van der Waals surface area contributed by atoms with Crippen LogP contribution in [0.3, 0.4) is 0 Å². The fraction of sp³-hybridized carbons (Fsp3) is 0.407. The molecule has 1 N–H and O–H groups in total. The third kappa shape index (κ3) is 3.50. The monoisotopic (exact) mass is 477 g/mol. The van der Waals surface area contributed by atoms with Gasteiger partial charge in [-0.25, -0.2) is 0 Å². The minimum atomic E-state index is -0.582. The molecule has 5 rings (SSSR count). The van der Waals surface area contributed by atoms with E-state index in [0.29, 0.717) is 23.7 Å². The first-order valence-electron chi connectivity index (χ1n) is 11.9. The summed E-state index contributed by atoms with van der Waals surface area (Å²) in [7, 11) is 4.69. The smallest absolute Gasteiger partial charge is 0.246 e. The predicted octanol–water partition coefficient (Wildman–Crippen LogP) is 3.68. The molecule has 2 aromatic carbocycles. The van der Waals surface area contributed by atoms with Gasteiger partial charge in [0.25, 0.3) is 0 Å². The third-order valence-corrected chi connectivity index (χ3v) is 7.42. The maximum absolute atomic E-state index is 13.7. The van der Waals surface area contributed by atoms with Gasteiger partial charge in [0, 0.05) is 29.1 Å². The SMILES string of the molecule is CC[C@H](C)N1CC(=O)N2[C@@H](c3cc(OC)c(OC)c(OC)c3)c3[nH]c4ccccc4c3C[C@H]2C1=O. The van der Waals surface area contributed by atoms with Crippen molar-refractivity contribution in [3.8, 4) is 17.2 Å². The highest BCUT2D eigenvalue weighted by molar-refractivity contribution is 5.98. The Kier molecular flexibility index (Phi) is 5.83. The molecule has 2 aliphatic rings.